The Morgan fingerprint density at radius 2 is 1.90 bits per heavy atom. The largest absolute Gasteiger partial charge is 0.324 e. The van der Waals surface area contributed by atoms with Crippen LogP contribution in [-0.4, -0.2) is 9.78 Å². The van der Waals surface area contributed by atoms with Crippen molar-refractivity contribution in [2.75, 3.05) is 0 Å². The summed E-state index contributed by atoms with van der Waals surface area (Å²) in [5.41, 5.74) is 8.16. The normalized spacial score (nSPS) is 14.2. The molecule has 0 amide bonds. The van der Waals surface area contributed by atoms with Gasteiger partial charge in [-0.2, -0.15) is 5.10 Å². The molecule has 0 spiro atoms. The maximum absolute atomic E-state index is 5.85. The third kappa shape index (κ3) is 3.87. The first-order valence-electron chi connectivity index (χ1n) is 7.12. The summed E-state index contributed by atoms with van der Waals surface area (Å²) in [6.07, 6.45) is 3.18. The van der Waals surface area contributed by atoms with Crippen molar-refractivity contribution in [2.45, 2.75) is 49.9 Å². The van der Waals surface area contributed by atoms with Crippen molar-refractivity contribution in [2.24, 2.45) is 5.73 Å². The molecule has 0 saturated carbocycles. The van der Waals surface area contributed by atoms with E-state index in [-0.39, 0.29) is 6.04 Å². The fourth-order valence-corrected chi connectivity index (χ4v) is 2.71. The van der Waals surface area contributed by atoms with Crippen LogP contribution < -0.4 is 5.73 Å². The van der Waals surface area contributed by atoms with Gasteiger partial charge in [0.1, 0.15) is 0 Å². The Morgan fingerprint density at radius 3 is 2.50 bits per heavy atom. The van der Waals surface area contributed by atoms with E-state index < -0.39 is 0 Å². The lowest BCUT2D eigenvalue weighted by Gasteiger charge is -2.08. The second-order valence-corrected chi connectivity index (χ2v) is 6.24. The molecular formula is C16H23N3S. The lowest BCUT2D eigenvalue weighted by Crippen LogP contribution is -2.04. The van der Waals surface area contributed by atoms with E-state index in [2.05, 4.69) is 60.2 Å². The third-order valence-corrected chi connectivity index (χ3v) is 4.54. The summed E-state index contributed by atoms with van der Waals surface area (Å²) in [6, 6.07) is 11.1. The van der Waals surface area contributed by atoms with E-state index in [0.29, 0.717) is 6.04 Å². The Bertz CT molecular complexity index is 531. The molecule has 0 aliphatic carbocycles. The highest BCUT2D eigenvalue weighted by Crippen LogP contribution is 2.24. The number of benzene rings is 1. The van der Waals surface area contributed by atoms with Crippen LogP contribution >= 0.6 is 11.8 Å². The summed E-state index contributed by atoms with van der Waals surface area (Å²) in [5, 5.41) is 4.62. The van der Waals surface area contributed by atoms with E-state index in [1.54, 1.807) is 0 Å². The Balaban J connectivity index is 1.93. The van der Waals surface area contributed by atoms with Crippen LogP contribution in [0.5, 0.6) is 0 Å². The van der Waals surface area contributed by atoms with Gasteiger partial charge >= 0.3 is 0 Å². The van der Waals surface area contributed by atoms with Gasteiger partial charge in [0, 0.05) is 28.9 Å². The first kappa shape index (κ1) is 15.1. The van der Waals surface area contributed by atoms with Crippen LogP contribution in [0.3, 0.4) is 0 Å². The molecule has 0 bridgehead atoms. The molecule has 0 aliphatic rings. The predicted molar refractivity (Wildman–Crippen MR) is 85.8 cm³/mol. The molecule has 20 heavy (non-hydrogen) atoms. The maximum atomic E-state index is 5.85. The van der Waals surface area contributed by atoms with Crippen LogP contribution in [0.1, 0.15) is 50.5 Å². The number of hydrogen-bond acceptors (Lipinski definition) is 3. The van der Waals surface area contributed by atoms with Gasteiger partial charge < -0.3 is 5.73 Å². The number of nitrogens with zero attached hydrogens (tertiary/aromatic N) is 2. The Labute approximate surface area is 125 Å². The van der Waals surface area contributed by atoms with Crippen molar-refractivity contribution in [3.8, 4) is 0 Å². The molecule has 1 heterocycles. The van der Waals surface area contributed by atoms with Crippen LogP contribution in [0.4, 0.5) is 0 Å². The van der Waals surface area contributed by atoms with E-state index in [0.717, 1.165) is 17.9 Å². The number of rotatable bonds is 6. The summed E-state index contributed by atoms with van der Waals surface area (Å²) < 4.78 is 2.05. The average molecular weight is 289 g/mol. The van der Waals surface area contributed by atoms with E-state index in [1.165, 1.54) is 10.5 Å². The van der Waals surface area contributed by atoms with Gasteiger partial charge in [-0.3, -0.25) is 4.68 Å². The van der Waals surface area contributed by atoms with Crippen molar-refractivity contribution in [1.29, 1.82) is 0 Å². The lowest BCUT2D eigenvalue weighted by molar-refractivity contribution is 0.475. The molecule has 108 valence electrons. The summed E-state index contributed by atoms with van der Waals surface area (Å²) in [5.74, 6) is 0.904. The fourth-order valence-electron chi connectivity index (χ4n) is 1.91. The van der Waals surface area contributed by atoms with Gasteiger partial charge in [0.25, 0.3) is 0 Å². The topological polar surface area (TPSA) is 43.8 Å². The molecule has 1 aromatic heterocycles. The summed E-state index contributed by atoms with van der Waals surface area (Å²) in [6.45, 7) is 6.38. The Morgan fingerprint density at radius 1 is 1.20 bits per heavy atom. The van der Waals surface area contributed by atoms with Gasteiger partial charge in [-0.15, -0.1) is 11.8 Å². The summed E-state index contributed by atoms with van der Waals surface area (Å²) in [7, 11) is 0. The smallest absolute Gasteiger partial charge is 0.0727 e. The molecular weight excluding hydrogens is 266 g/mol. The molecule has 2 rings (SSSR count). The third-order valence-electron chi connectivity index (χ3n) is 3.50. The highest BCUT2D eigenvalue weighted by molar-refractivity contribution is 7.98. The lowest BCUT2D eigenvalue weighted by atomic mass is 10.1. The molecule has 3 nitrogen and oxygen atoms in total. The molecule has 2 aromatic rings. The van der Waals surface area contributed by atoms with Crippen molar-refractivity contribution in [3.63, 3.8) is 0 Å². The van der Waals surface area contributed by atoms with Crippen molar-refractivity contribution in [3.05, 3.63) is 47.8 Å². The monoisotopic (exact) mass is 289 g/mol. The van der Waals surface area contributed by atoms with Gasteiger partial charge in [-0.1, -0.05) is 19.1 Å². The second kappa shape index (κ2) is 6.95. The van der Waals surface area contributed by atoms with Gasteiger partial charge in [-0.05, 0) is 44.0 Å². The molecule has 0 aliphatic heterocycles. The first-order valence-corrected chi connectivity index (χ1v) is 8.11. The highest BCUT2D eigenvalue weighted by Gasteiger charge is 2.05. The molecule has 2 atom stereocenters. The van der Waals surface area contributed by atoms with Gasteiger partial charge in [0.2, 0.25) is 0 Å². The minimum absolute atomic E-state index is 0.0975. The predicted octanol–water partition coefficient (Wildman–Crippen LogP) is 4.17. The first-order chi connectivity index (χ1) is 9.60. The van der Waals surface area contributed by atoms with Crippen molar-refractivity contribution >= 4 is 11.8 Å². The molecule has 0 saturated heterocycles. The number of thioether (sulfide) groups is 1. The summed E-state index contributed by atoms with van der Waals surface area (Å²) >= 11 is 1.81. The minimum Gasteiger partial charge on any atom is -0.324 e. The zero-order chi connectivity index (χ0) is 14.5. The fraction of sp³-hybridized carbons (Fsp3) is 0.438. The average Bonchev–Trinajstić information content (AvgIpc) is 2.93. The maximum Gasteiger partial charge on any atom is 0.0727 e. The molecule has 0 radical (unpaired) electrons. The van der Waals surface area contributed by atoms with Crippen LogP contribution in [0.25, 0.3) is 0 Å². The summed E-state index contributed by atoms with van der Waals surface area (Å²) in [4.78, 5) is 1.26. The van der Waals surface area contributed by atoms with E-state index in [1.807, 2.05) is 18.7 Å². The second-order valence-electron chi connectivity index (χ2n) is 5.19. The van der Waals surface area contributed by atoms with E-state index in [9.17, 15) is 0 Å². The number of nitrogens with two attached hydrogens (primary N) is 1. The van der Waals surface area contributed by atoms with E-state index >= 15 is 0 Å². The highest BCUT2D eigenvalue weighted by atomic mass is 32.2. The van der Waals surface area contributed by atoms with Crippen LogP contribution in [0.15, 0.2) is 41.4 Å². The zero-order valence-corrected chi connectivity index (χ0v) is 13.2. The quantitative estimate of drug-likeness (QED) is 0.812. The SMILES string of the molecule is CCC(C)n1ccc(CSc2ccc(C(C)N)cc2)n1. The van der Waals surface area contributed by atoms with Crippen LogP contribution in [0.2, 0.25) is 0 Å². The Kier molecular flexibility index (Phi) is 5.26. The van der Waals surface area contributed by atoms with Gasteiger partial charge in [0.15, 0.2) is 0 Å². The molecule has 1 aromatic carbocycles. The number of hydrogen-bond donors (Lipinski definition) is 1. The van der Waals surface area contributed by atoms with Gasteiger partial charge in [0.05, 0.1) is 5.69 Å². The van der Waals surface area contributed by atoms with Crippen LogP contribution in [-0.2, 0) is 5.75 Å². The molecule has 0 fully saturated rings. The number of aromatic nitrogens is 2. The van der Waals surface area contributed by atoms with Crippen LogP contribution in [0, 0.1) is 0 Å². The minimum atomic E-state index is 0.0975. The standard InChI is InChI=1S/C16H23N3S/c1-4-12(2)19-10-9-15(18-19)11-20-16-7-5-14(6-8-16)13(3)17/h5-10,12-13H,4,11,17H2,1-3H3. The molecule has 2 N–H and O–H groups in total. The Hall–Kier alpha value is -1.26. The van der Waals surface area contributed by atoms with E-state index in [4.69, 9.17) is 5.73 Å². The molecule has 2 unspecified atom stereocenters. The van der Waals surface area contributed by atoms with Crippen molar-refractivity contribution in [1.82, 2.24) is 9.78 Å². The van der Waals surface area contributed by atoms with Crippen molar-refractivity contribution < 1.29 is 0 Å². The zero-order valence-electron chi connectivity index (χ0n) is 12.4. The molecule has 4 heteroatoms. The van der Waals surface area contributed by atoms with Gasteiger partial charge in [-0.25, -0.2) is 0 Å².